The molecule has 5 nitrogen and oxygen atoms in total. The van der Waals surface area contributed by atoms with Crippen molar-refractivity contribution in [3.05, 3.63) is 24.0 Å². The molecule has 1 aromatic rings. The zero-order valence-electron chi connectivity index (χ0n) is 12.1. The number of carbonyl (C=O) groups excluding carboxylic acids is 1. The van der Waals surface area contributed by atoms with Crippen LogP contribution in [0, 0.1) is 0 Å². The van der Waals surface area contributed by atoms with Crippen LogP contribution in [0.1, 0.15) is 30.3 Å². The first kappa shape index (κ1) is 15.4. The number of rotatable bonds is 8. The summed E-state index contributed by atoms with van der Waals surface area (Å²) in [5.74, 6) is -0.112. The summed E-state index contributed by atoms with van der Waals surface area (Å²) in [5.41, 5.74) is 1.40. The van der Waals surface area contributed by atoms with Crippen molar-refractivity contribution in [2.75, 3.05) is 39.0 Å². The van der Waals surface area contributed by atoms with Crippen LogP contribution in [0.4, 0.5) is 5.69 Å². The van der Waals surface area contributed by atoms with Crippen LogP contribution in [0.25, 0.3) is 0 Å². The topological polar surface area (TPSA) is 57.3 Å². The van der Waals surface area contributed by atoms with Gasteiger partial charge < -0.3 is 15.5 Å². The normalized spacial score (nSPS) is 10.5. The van der Waals surface area contributed by atoms with E-state index in [0.29, 0.717) is 12.2 Å². The summed E-state index contributed by atoms with van der Waals surface area (Å²) < 4.78 is 0. The third kappa shape index (κ3) is 6.20. The number of nitrogens with one attached hydrogen (secondary N) is 2. The summed E-state index contributed by atoms with van der Waals surface area (Å²) in [6, 6.07) is 3.66. The Morgan fingerprint density at radius 3 is 2.84 bits per heavy atom. The van der Waals surface area contributed by atoms with E-state index in [1.54, 1.807) is 12.3 Å². The Morgan fingerprint density at radius 1 is 1.37 bits per heavy atom. The van der Waals surface area contributed by atoms with Gasteiger partial charge in [-0.1, -0.05) is 6.92 Å². The highest BCUT2D eigenvalue weighted by atomic mass is 16.1. The average Bonchev–Trinajstić information content (AvgIpc) is 2.41. The lowest BCUT2D eigenvalue weighted by molar-refractivity contribution is 0.0947. The Balaban J connectivity index is 2.43. The van der Waals surface area contributed by atoms with Crippen molar-refractivity contribution in [1.82, 2.24) is 15.2 Å². The van der Waals surface area contributed by atoms with Crippen LogP contribution >= 0.6 is 0 Å². The van der Waals surface area contributed by atoms with Gasteiger partial charge in [-0.2, -0.15) is 0 Å². The molecule has 0 saturated heterocycles. The van der Waals surface area contributed by atoms with Gasteiger partial charge in [-0.05, 0) is 45.6 Å². The maximum absolute atomic E-state index is 11.9. The highest BCUT2D eigenvalue weighted by Crippen LogP contribution is 2.07. The third-order valence-corrected chi connectivity index (χ3v) is 2.64. The lowest BCUT2D eigenvalue weighted by Crippen LogP contribution is -2.27. The van der Waals surface area contributed by atoms with E-state index in [2.05, 4.69) is 27.4 Å². The van der Waals surface area contributed by atoms with Crippen LogP contribution in [0.5, 0.6) is 0 Å². The van der Waals surface area contributed by atoms with Crippen LogP contribution in [0.15, 0.2) is 18.3 Å². The number of hydrogen-bond donors (Lipinski definition) is 2. The van der Waals surface area contributed by atoms with Crippen molar-refractivity contribution in [2.24, 2.45) is 0 Å². The van der Waals surface area contributed by atoms with Crippen molar-refractivity contribution in [2.45, 2.75) is 19.8 Å². The standard InChI is InChI=1S/C14H24N4O/c1-4-7-15-12-6-9-16-13(11-12)14(19)17-8-5-10-18(2)3/h6,9,11H,4-5,7-8,10H2,1-3H3,(H,15,16)(H,17,19). The van der Waals surface area contributed by atoms with Gasteiger partial charge >= 0.3 is 0 Å². The Bertz CT molecular complexity index is 393. The largest absolute Gasteiger partial charge is 0.385 e. The number of hydrogen-bond acceptors (Lipinski definition) is 4. The second kappa shape index (κ2) is 8.48. The molecule has 1 amide bonds. The first-order valence-corrected chi connectivity index (χ1v) is 6.76. The van der Waals surface area contributed by atoms with Gasteiger partial charge in [0, 0.05) is 25.0 Å². The molecule has 1 aromatic heterocycles. The van der Waals surface area contributed by atoms with E-state index in [9.17, 15) is 4.79 Å². The molecule has 0 saturated carbocycles. The summed E-state index contributed by atoms with van der Waals surface area (Å²) >= 11 is 0. The molecular weight excluding hydrogens is 240 g/mol. The molecule has 0 unspecified atom stereocenters. The number of aromatic nitrogens is 1. The van der Waals surface area contributed by atoms with E-state index in [1.807, 2.05) is 20.2 Å². The molecule has 0 radical (unpaired) electrons. The molecule has 0 bridgehead atoms. The quantitative estimate of drug-likeness (QED) is 0.700. The van der Waals surface area contributed by atoms with E-state index in [1.165, 1.54) is 0 Å². The van der Waals surface area contributed by atoms with Gasteiger partial charge in [0.2, 0.25) is 0 Å². The van der Waals surface area contributed by atoms with Crippen molar-refractivity contribution in [1.29, 1.82) is 0 Å². The number of anilines is 1. The van der Waals surface area contributed by atoms with Crippen molar-refractivity contribution in [3.8, 4) is 0 Å². The molecule has 1 rings (SSSR count). The maximum Gasteiger partial charge on any atom is 0.269 e. The minimum atomic E-state index is -0.112. The molecule has 106 valence electrons. The van der Waals surface area contributed by atoms with Crippen LogP contribution < -0.4 is 10.6 Å². The Kier molecular flexibility index (Phi) is 6.89. The van der Waals surface area contributed by atoms with E-state index < -0.39 is 0 Å². The number of amides is 1. The Labute approximate surface area is 115 Å². The highest BCUT2D eigenvalue weighted by molar-refractivity contribution is 5.93. The third-order valence-electron chi connectivity index (χ3n) is 2.64. The van der Waals surface area contributed by atoms with Crippen molar-refractivity contribution >= 4 is 11.6 Å². The van der Waals surface area contributed by atoms with Gasteiger partial charge in [0.05, 0.1) is 0 Å². The minimum Gasteiger partial charge on any atom is -0.385 e. The average molecular weight is 264 g/mol. The summed E-state index contributed by atoms with van der Waals surface area (Å²) in [4.78, 5) is 18.1. The predicted molar refractivity (Wildman–Crippen MR) is 78.5 cm³/mol. The first-order valence-electron chi connectivity index (χ1n) is 6.76. The lowest BCUT2D eigenvalue weighted by atomic mass is 10.3. The zero-order valence-corrected chi connectivity index (χ0v) is 12.1. The lowest BCUT2D eigenvalue weighted by Gasteiger charge is -2.10. The monoisotopic (exact) mass is 264 g/mol. The fourth-order valence-corrected chi connectivity index (χ4v) is 1.62. The van der Waals surface area contributed by atoms with Gasteiger partial charge in [0.15, 0.2) is 0 Å². The second-order valence-electron chi connectivity index (χ2n) is 4.77. The second-order valence-corrected chi connectivity index (χ2v) is 4.77. The van der Waals surface area contributed by atoms with Crippen molar-refractivity contribution in [3.63, 3.8) is 0 Å². The van der Waals surface area contributed by atoms with E-state index in [0.717, 1.165) is 31.6 Å². The number of nitrogens with zero attached hydrogens (tertiary/aromatic N) is 2. The van der Waals surface area contributed by atoms with Crippen molar-refractivity contribution < 1.29 is 4.79 Å². The van der Waals surface area contributed by atoms with Crippen LogP contribution in [0.3, 0.4) is 0 Å². The molecule has 2 N–H and O–H groups in total. The summed E-state index contributed by atoms with van der Waals surface area (Å²) in [6.45, 7) is 4.64. The van der Waals surface area contributed by atoms with Crippen LogP contribution in [0.2, 0.25) is 0 Å². The first-order chi connectivity index (χ1) is 9.13. The molecule has 0 fully saturated rings. The Hall–Kier alpha value is -1.62. The SMILES string of the molecule is CCCNc1ccnc(C(=O)NCCCN(C)C)c1. The van der Waals surface area contributed by atoms with Gasteiger partial charge in [-0.25, -0.2) is 0 Å². The summed E-state index contributed by atoms with van der Waals surface area (Å²) in [5, 5.41) is 6.13. The fraction of sp³-hybridized carbons (Fsp3) is 0.571. The molecule has 0 aromatic carbocycles. The molecule has 19 heavy (non-hydrogen) atoms. The molecule has 0 aliphatic rings. The van der Waals surface area contributed by atoms with Gasteiger partial charge in [-0.15, -0.1) is 0 Å². The fourth-order valence-electron chi connectivity index (χ4n) is 1.62. The molecule has 1 heterocycles. The molecular formula is C14H24N4O. The summed E-state index contributed by atoms with van der Waals surface area (Å²) in [7, 11) is 4.04. The maximum atomic E-state index is 11.9. The molecule has 0 spiro atoms. The van der Waals surface area contributed by atoms with E-state index >= 15 is 0 Å². The van der Waals surface area contributed by atoms with Gasteiger partial charge in [0.25, 0.3) is 5.91 Å². The Morgan fingerprint density at radius 2 is 2.16 bits per heavy atom. The number of carbonyl (C=O) groups is 1. The smallest absolute Gasteiger partial charge is 0.269 e. The van der Waals surface area contributed by atoms with Gasteiger partial charge in [-0.3, -0.25) is 9.78 Å². The molecule has 0 aliphatic heterocycles. The molecule has 5 heteroatoms. The van der Waals surface area contributed by atoms with E-state index in [-0.39, 0.29) is 5.91 Å². The summed E-state index contributed by atoms with van der Waals surface area (Å²) in [6.07, 6.45) is 3.65. The zero-order chi connectivity index (χ0) is 14.1. The van der Waals surface area contributed by atoms with Crippen LogP contribution in [-0.2, 0) is 0 Å². The van der Waals surface area contributed by atoms with E-state index in [4.69, 9.17) is 0 Å². The highest BCUT2D eigenvalue weighted by Gasteiger charge is 2.07. The van der Waals surface area contributed by atoms with Gasteiger partial charge in [0.1, 0.15) is 5.69 Å². The van der Waals surface area contributed by atoms with Crippen LogP contribution in [-0.4, -0.2) is 49.5 Å². The minimum absolute atomic E-state index is 0.112. The molecule has 0 aliphatic carbocycles. The predicted octanol–water partition coefficient (Wildman–Crippen LogP) is 1.58. The molecule has 0 atom stereocenters. The number of pyridine rings is 1.